The number of hydrogen-bond acceptors (Lipinski definition) is 0. The van der Waals surface area contributed by atoms with Gasteiger partial charge in [0.1, 0.15) is 8.65 Å². The van der Waals surface area contributed by atoms with Crippen molar-refractivity contribution in [3.8, 4) is 0 Å². The number of hydrogen-bond donors (Lipinski definition) is 0. The van der Waals surface area contributed by atoms with Crippen LogP contribution in [0.4, 0.5) is 0 Å². The fraction of sp³-hybridized carbons (Fsp3) is 0.0312. The SMILES string of the molecule is BrC1(c2ccccc2)C(c2ccccc2)=C(c2ccccc2)C(c2ccc(C3=C(c4ccccc4)C(Br)(c4ccccc4)C(c4ccccc4)=C3c3ccccc3)cc2)=C1c1ccccc1. The summed E-state index contributed by atoms with van der Waals surface area (Å²) in [4.78, 5) is 0. The Balaban J connectivity index is 1.23. The third-order valence-corrected chi connectivity index (χ3v) is 15.6. The Labute approximate surface area is 405 Å². The lowest BCUT2D eigenvalue weighted by atomic mass is 9.80. The van der Waals surface area contributed by atoms with Gasteiger partial charge in [0, 0.05) is 0 Å². The molecule has 2 unspecified atom stereocenters. The van der Waals surface area contributed by atoms with Gasteiger partial charge in [0.05, 0.1) is 0 Å². The Bertz CT molecular complexity index is 3060. The zero-order valence-electron chi connectivity index (χ0n) is 36.2. The lowest BCUT2D eigenvalue weighted by molar-refractivity contribution is 1.08. The van der Waals surface area contributed by atoms with Gasteiger partial charge in [-0.05, 0) is 100 Å². The van der Waals surface area contributed by atoms with E-state index in [1.165, 1.54) is 78.0 Å². The Hall–Kier alpha value is -7.10. The first-order valence-corrected chi connectivity index (χ1v) is 24.1. The molecule has 0 heterocycles. The summed E-state index contributed by atoms with van der Waals surface area (Å²) in [6, 6.07) is 96.9. The summed E-state index contributed by atoms with van der Waals surface area (Å²) in [5.74, 6) is 0. The average molecular weight is 973 g/mol. The lowest BCUT2D eigenvalue weighted by Gasteiger charge is -2.32. The van der Waals surface area contributed by atoms with Gasteiger partial charge in [-0.1, -0.05) is 299 Å². The highest BCUT2D eigenvalue weighted by molar-refractivity contribution is 9.10. The van der Waals surface area contributed by atoms with E-state index in [0.717, 1.165) is 22.3 Å². The van der Waals surface area contributed by atoms with E-state index in [1.54, 1.807) is 0 Å². The van der Waals surface area contributed by atoms with Crippen LogP contribution in [0.15, 0.2) is 267 Å². The highest BCUT2D eigenvalue weighted by Gasteiger charge is 2.50. The first-order chi connectivity index (χ1) is 32.6. The molecular formula is C64H44Br2. The summed E-state index contributed by atoms with van der Waals surface area (Å²) in [5, 5.41) is 0. The lowest BCUT2D eigenvalue weighted by Crippen LogP contribution is -2.20. The van der Waals surface area contributed by atoms with Crippen LogP contribution in [0.2, 0.25) is 0 Å². The molecule has 2 atom stereocenters. The van der Waals surface area contributed by atoms with Crippen molar-refractivity contribution in [1.29, 1.82) is 0 Å². The number of allylic oxidation sites excluding steroid dienone is 8. The van der Waals surface area contributed by atoms with Crippen LogP contribution >= 0.6 is 31.9 Å². The topological polar surface area (TPSA) is 0 Å². The van der Waals surface area contributed by atoms with Crippen molar-refractivity contribution < 1.29 is 0 Å². The second-order valence-corrected chi connectivity index (χ2v) is 19.2. The van der Waals surface area contributed by atoms with Gasteiger partial charge in [0.2, 0.25) is 0 Å². The van der Waals surface area contributed by atoms with Crippen molar-refractivity contribution >= 4 is 76.4 Å². The highest BCUT2D eigenvalue weighted by atomic mass is 79.9. The maximum Gasteiger partial charge on any atom is 0.103 e. The van der Waals surface area contributed by atoms with Gasteiger partial charge in [-0.25, -0.2) is 0 Å². The first kappa shape index (κ1) is 41.6. The molecule has 0 aliphatic heterocycles. The zero-order chi connectivity index (χ0) is 44.5. The van der Waals surface area contributed by atoms with Gasteiger partial charge in [-0.3, -0.25) is 0 Å². The molecule has 9 aromatic carbocycles. The Morgan fingerprint density at radius 1 is 0.182 bits per heavy atom. The molecule has 2 aliphatic carbocycles. The van der Waals surface area contributed by atoms with Crippen LogP contribution in [0, 0.1) is 0 Å². The smallest absolute Gasteiger partial charge is 0.0695 e. The van der Waals surface area contributed by atoms with Crippen LogP contribution in [-0.4, -0.2) is 0 Å². The molecule has 0 saturated carbocycles. The van der Waals surface area contributed by atoms with Crippen molar-refractivity contribution in [3.05, 3.63) is 323 Å². The number of halogens is 2. The molecule has 66 heavy (non-hydrogen) atoms. The van der Waals surface area contributed by atoms with E-state index in [1.807, 2.05) is 0 Å². The van der Waals surface area contributed by atoms with Crippen LogP contribution < -0.4 is 0 Å². The summed E-state index contributed by atoms with van der Waals surface area (Å²) in [6.07, 6.45) is 0. The van der Waals surface area contributed by atoms with E-state index in [2.05, 4.69) is 299 Å². The molecule has 0 saturated heterocycles. The fourth-order valence-corrected chi connectivity index (χ4v) is 12.5. The maximum atomic E-state index is 4.60. The fourth-order valence-electron chi connectivity index (χ4n) is 10.3. The summed E-state index contributed by atoms with van der Waals surface area (Å²) in [5.41, 5.74) is 21.3. The number of rotatable bonds is 10. The Morgan fingerprint density at radius 2 is 0.348 bits per heavy atom. The molecule has 0 N–H and O–H groups in total. The molecule has 9 aromatic rings. The molecule has 0 radical (unpaired) electrons. The van der Waals surface area contributed by atoms with E-state index < -0.39 is 8.65 Å². The van der Waals surface area contributed by atoms with Crippen LogP contribution in [-0.2, 0) is 8.65 Å². The van der Waals surface area contributed by atoms with Crippen LogP contribution in [0.5, 0.6) is 0 Å². The molecule has 2 aliphatic rings. The first-order valence-electron chi connectivity index (χ1n) is 22.5. The second kappa shape index (κ2) is 17.7. The largest absolute Gasteiger partial charge is 0.103 e. The van der Waals surface area contributed by atoms with Gasteiger partial charge in [-0.15, -0.1) is 0 Å². The predicted octanol–water partition coefficient (Wildman–Crippen LogP) is 17.3. The molecule has 0 aromatic heterocycles. The van der Waals surface area contributed by atoms with E-state index in [4.69, 9.17) is 0 Å². The third kappa shape index (κ3) is 7.04. The average Bonchev–Trinajstić information content (AvgIpc) is 3.85. The summed E-state index contributed by atoms with van der Waals surface area (Å²) >= 11 is 9.20. The second-order valence-electron chi connectivity index (χ2n) is 16.8. The van der Waals surface area contributed by atoms with E-state index in [-0.39, 0.29) is 0 Å². The third-order valence-electron chi connectivity index (χ3n) is 13.1. The minimum absolute atomic E-state index is 0.691. The molecule has 0 bridgehead atoms. The normalized spacial score (nSPS) is 18.3. The molecule has 0 amide bonds. The molecule has 2 heteroatoms. The molecule has 11 rings (SSSR count). The summed E-state index contributed by atoms with van der Waals surface area (Å²) in [6.45, 7) is 0. The minimum Gasteiger partial charge on any atom is -0.0695 e. The molecule has 0 fully saturated rings. The van der Waals surface area contributed by atoms with Gasteiger partial charge in [0.15, 0.2) is 0 Å². The van der Waals surface area contributed by atoms with Crippen molar-refractivity contribution in [2.45, 2.75) is 8.65 Å². The standard InChI is InChI=1S/C64H44Br2/c65-63(53-37-21-7-22-38-53)59(49-29-13-3-14-30-49)55(45-25-9-1-10-26-45)57(61(63)51-33-17-5-18-34-51)47-41-43-48(44-42-47)58-56(46-27-11-2-12-28-46)60(50-31-15-4-16-32-50)64(66,54-39-23-8-24-40-54)62(58)52-35-19-6-20-36-52/h1-44H. The highest BCUT2D eigenvalue weighted by Crippen LogP contribution is 2.67. The number of alkyl halides is 2. The van der Waals surface area contributed by atoms with Crippen molar-refractivity contribution in [1.82, 2.24) is 0 Å². The van der Waals surface area contributed by atoms with E-state index in [0.29, 0.717) is 0 Å². The maximum absolute atomic E-state index is 4.60. The van der Waals surface area contributed by atoms with Crippen molar-refractivity contribution in [3.63, 3.8) is 0 Å². The van der Waals surface area contributed by atoms with Gasteiger partial charge >= 0.3 is 0 Å². The van der Waals surface area contributed by atoms with Gasteiger partial charge < -0.3 is 0 Å². The minimum atomic E-state index is -0.691. The van der Waals surface area contributed by atoms with Crippen molar-refractivity contribution in [2.24, 2.45) is 0 Å². The summed E-state index contributed by atoms with van der Waals surface area (Å²) in [7, 11) is 0. The summed E-state index contributed by atoms with van der Waals surface area (Å²) < 4.78 is -1.38. The molecule has 0 nitrogen and oxygen atoms in total. The molecular weight excluding hydrogens is 929 g/mol. The predicted molar refractivity (Wildman–Crippen MR) is 286 cm³/mol. The van der Waals surface area contributed by atoms with Gasteiger partial charge in [-0.2, -0.15) is 0 Å². The quantitative estimate of drug-likeness (QED) is 0.120. The van der Waals surface area contributed by atoms with Crippen LogP contribution in [0.25, 0.3) is 44.6 Å². The Morgan fingerprint density at radius 3 is 0.561 bits per heavy atom. The Kier molecular flexibility index (Phi) is 11.2. The molecule has 314 valence electrons. The molecule has 0 spiro atoms. The van der Waals surface area contributed by atoms with E-state index >= 15 is 0 Å². The van der Waals surface area contributed by atoms with Crippen molar-refractivity contribution in [2.75, 3.05) is 0 Å². The zero-order valence-corrected chi connectivity index (χ0v) is 39.3. The van der Waals surface area contributed by atoms with Gasteiger partial charge in [0.25, 0.3) is 0 Å². The van der Waals surface area contributed by atoms with E-state index in [9.17, 15) is 0 Å². The monoisotopic (exact) mass is 970 g/mol. The number of benzene rings is 9. The van der Waals surface area contributed by atoms with Crippen LogP contribution in [0.1, 0.15) is 55.6 Å². The van der Waals surface area contributed by atoms with Crippen LogP contribution in [0.3, 0.4) is 0 Å².